The normalized spacial score (nSPS) is 17.1. The molecule has 29 heavy (non-hydrogen) atoms. The minimum atomic E-state index is -1.79. The molecule has 0 radical (unpaired) electrons. The zero-order valence-corrected chi connectivity index (χ0v) is 19.5. The highest BCUT2D eigenvalue weighted by atomic mass is 28.4. The van der Waals surface area contributed by atoms with Gasteiger partial charge >= 0.3 is 0 Å². The monoisotopic (exact) mass is 409 g/mol. The van der Waals surface area contributed by atoms with Gasteiger partial charge in [0.2, 0.25) is 8.32 Å². The van der Waals surface area contributed by atoms with Gasteiger partial charge < -0.3 is 9.74 Å². The average molecular weight is 410 g/mol. The van der Waals surface area contributed by atoms with E-state index < -0.39 is 8.32 Å². The minimum Gasteiger partial charge on any atom is -0.544 e. The van der Waals surface area contributed by atoms with Crippen LogP contribution in [0, 0.1) is 5.92 Å². The van der Waals surface area contributed by atoms with Crippen molar-refractivity contribution in [3.8, 4) is 5.75 Å². The van der Waals surface area contributed by atoms with Crippen LogP contribution in [-0.2, 0) is 12.8 Å². The number of benzene rings is 2. The molecule has 1 unspecified atom stereocenters. The molecule has 0 saturated carbocycles. The van der Waals surface area contributed by atoms with Crippen LogP contribution in [0.1, 0.15) is 48.7 Å². The number of hydrogen-bond donors (Lipinski definition) is 1. The Bertz CT molecular complexity index is 837. The SMILES string of the molecule is CC(C)(C)[Si](C)(C)Oc1ccc(CCNCC2CCc3ccccc3C2=O)cc1. The van der Waals surface area contributed by atoms with Gasteiger partial charge in [0, 0.05) is 18.0 Å². The van der Waals surface area contributed by atoms with Crippen LogP contribution >= 0.6 is 0 Å². The Balaban J connectivity index is 1.45. The molecule has 0 saturated heterocycles. The van der Waals surface area contributed by atoms with Gasteiger partial charge in [-0.2, -0.15) is 0 Å². The molecule has 3 nitrogen and oxygen atoms in total. The quantitative estimate of drug-likeness (QED) is 0.474. The fourth-order valence-electron chi connectivity index (χ4n) is 3.54. The third-order valence-electron chi connectivity index (χ3n) is 6.50. The van der Waals surface area contributed by atoms with Crippen molar-refractivity contribution in [2.75, 3.05) is 13.1 Å². The zero-order valence-electron chi connectivity index (χ0n) is 18.5. The second-order valence-electron chi connectivity index (χ2n) is 9.72. The Morgan fingerprint density at radius 3 is 2.45 bits per heavy atom. The average Bonchev–Trinajstić information content (AvgIpc) is 2.67. The molecule has 156 valence electrons. The number of ketones is 1. The van der Waals surface area contributed by atoms with E-state index in [9.17, 15) is 4.79 Å². The molecule has 0 fully saturated rings. The number of fused-ring (bicyclic) bond motifs is 1. The molecule has 2 aromatic carbocycles. The van der Waals surface area contributed by atoms with Gasteiger partial charge in [0.15, 0.2) is 5.78 Å². The van der Waals surface area contributed by atoms with Crippen LogP contribution in [0.15, 0.2) is 48.5 Å². The molecule has 0 spiro atoms. The van der Waals surface area contributed by atoms with Gasteiger partial charge in [-0.25, -0.2) is 0 Å². The van der Waals surface area contributed by atoms with Crippen LogP contribution in [-0.4, -0.2) is 27.2 Å². The second kappa shape index (κ2) is 8.84. The third kappa shape index (κ3) is 5.37. The van der Waals surface area contributed by atoms with Gasteiger partial charge in [0.05, 0.1) is 0 Å². The summed E-state index contributed by atoms with van der Waals surface area (Å²) in [6.07, 6.45) is 2.91. The van der Waals surface area contributed by atoms with Gasteiger partial charge in [-0.1, -0.05) is 57.2 Å². The van der Waals surface area contributed by atoms with Crippen LogP contribution < -0.4 is 9.74 Å². The van der Waals surface area contributed by atoms with E-state index in [1.165, 1.54) is 11.1 Å². The summed E-state index contributed by atoms with van der Waals surface area (Å²) in [5.74, 6) is 1.37. The highest BCUT2D eigenvalue weighted by Crippen LogP contribution is 2.37. The lowest BCUT2D eigenvalue weighted by atomic mass is 9.83. The Hall–Kier alpha value is -1.91. The summed E-state index contributed by atoms with van der Waals surface area (Å²) in [6, 6.07) is 16.5. The Morgan fingerprint density at radius 1 is 1.07 bits per heavy atom. The number of nitrogens with one attached hydrogen (secondary N) is 1. The first kappa shape index (κ1) is 21.8. The topological polar surface area (TPSA) is 38.3 Å². The number of rotatable bonds is 7. The molecule has 0 bridgehead atoms. The summed E-state index contributed by atoms with van der Waals surface area (Å²) in [5, 5.41) is 3.69. The molecular formula is C25H35NO2Si. The first-order valence-corrected chi connectivity index (χ1v) is 13.7. The first-order valence-electron chi connectivity index (χ1n) is 10.8. The van der Waals surface area contributed by atoms with E-state index in [1.54, 1.807) is 0 Å². The third-order valence-corrected chi connectivity index (χ3v) is 10.9. The Kier molecular flexibility index (Phi) is 6.64. The predicted octanol–water partition coefficient (Wildman–Crippen LogP) is 5.65. The van der Waals surface area contributed by atoms with E-state index >= 15 is 0 Å². The fraction of sp³-hybridized carbons (Fsp3) is 0.480. The van der Waals surface area contributed by atoms with Crippen molar-refractivity contribution in [3.05, 3.63) is 65.2 Å². The fourth-order valence-corrected chi connectivity index (χ4v) is 4.57. The molecule has 4 heteroatoms. The van der Waals surface area contributed by atoms with Crippen molar-refractivity contribution >= 4 is 14.1 Å². The van der Waals surface area contributed by atoms with E-state index in [0.29, 0.717) is 5.78 Å². The molecule has 2 aromatic rings. The highest BCUT2D eigenvalue weighted by molar-refractivity contribution is 6.74. The van der Waals surface area contributed by atoms with Gasteiger partial charge in [0.25, 0.3) is 0 Å². The summed E-state index contributed by atoms with van der Waals surface area (Å²) in [5.41, 5.74) is 3.41. The number of carbonyl (C=O) groups excluding carboxylic acids is 1. The van der Waals surface area contributed by atoms with Crippen molar-refractivity contribution in [2.45, 2.75) is 58.2 Å². The Morgan fingerprint density at radius 2 is 1.76 bits per heavy atom. The van der Waals surface area contributed by atoms with Crippen molar-refractivity contribution in [2.24, 2.45) is 5.92 Å². The molecular weight excluding hydrogens is 374 g/mol. The van der Waals surface area contributed by atoms with E-state index in [2.05, 4.69) is 69.5 Å². The van der Waals surface area contributed by atoms with Crippen LogP contribution in [0.4, 0.5) is 0 Å². The molecule has 0 heterocycles. The summed E-state index contributed by atoms with van der Waals surface area (Å²) < 4.78 is 6.35. The number of aryl methyl sites for hydroxylation is 1. The highest BCUT2D eigenvalue weighted by Gasteiger charge is 2.38. The number of hydrogen-bond acceptors (Lipinski definition) is 3. The van der Waals surface area contributed by atoms with Gasteiger partial charge in [-0.15, -0.1) is 0 Å². The van der Waals surface area contributed by atoms with Crippen LogP contribution in [0.3, 0.4) is 0 Å². The second-order valence-corrected chi connectivity index (χ2v) is 14.4. The van der Waals surface area contributed by atoms with Crippen molar-refractivity contribution in [1.82, 2.24) is 5.32 Å². The van der Waals surface area contributed by atoms with Crippen LogP contribution in [0.5, 0.6) is 5.75 Å². The molecule has 0 aromatic heterocycles. The lowest BCUT2D eigenvalue weighted by Crippen LogP contribution is -2.43. The molecule has 1 atom stereocenters. The minimum absolute atomic E-state index is 0.102. The molecule has 0 amide bonds. The van der Waals surface area contributed by atoms with E-state index in [1.807, 2.05) is 18.2 Å². The van der Waals surface area contributed by atoms with Crippen LogP contribution in [0.2, 0.25) is 18.1 Å². The Labute approximate surface area is 177 Å². The number of Topliss-reactive ketones (excluding diaryl/α,β-unsaturated/α-hetero) is 1. The molecule has 1 N–H and O–H groups in total. The van der Waals surface area contributed by atoms with E-state index in [-0.39, 0.29) is 11.0 Å². The summed E-state index contributed by atoms with van der Waals surface area (Å²) >= 11 is 0. The van der Waals surface area contributed by atoms with Gasteiger partial charge in [-0.3, -0.25) is 4.79 Å². The van der Waals surface area contributed by atoms with Crippen molar-refractivity contribution < 1.29 is 9.22 Å². The molecule has 1 aliphatic rings. The van der Waals surface area contributed by atoms with Crippen molar-refractivity contribution in [1.29, 1.82) is 0 Å². The lowest BCUT2D eigenvalue weighted by molar-refractivity contribution is 0.0901. The standard InChI is InChI=1S/C25H35NO2Si/c1-25(2,3)29(4,5)28-22-14-10-19(11-15-22)16-17-26-18-21-13-12-20-8-6-7-9-23(20)24(21)27/h6-11,14-15,21,26H,12-13,16-18H2,1-5H3. The van der Waals surface area contributed by atoms with Crippen molar-refractivity contribution in [3.63, 3.8) is 0 Å². The smallest absolute Gasteiger partial charge is 0.250 e. The summed E-state index contributed by atoms with van der Waals surface area (Å²) in [4.78, 5) is 12.7. The van der Waals surface area contributed by atoms with E-state index in [0.717, 1.165) is 43.7 Å². The summed E-state index contributed by atoms with van der Waals surface area (Å²) in [7, 11) is -1.79. The molecule has 3 rings (SSSR count). The molecule has 1 aliphatic carbocycles. The summed E-state index contributed by atoms with van der Waals surface area (Å²) in [6.45, 7) is 13.0. The van der Waals surface area contributed by atoms with Gasteiger partial charge in [-0.05, 0) is 67.2 Å². The maximum Gasteiger partial charge on any atom is 0.250 e. The largest absolute Gasteiger partial charge is 0.544 e. The maximum atomic E-state index is 12.7. The maximum absolute atomic E-state index is 12.7. The van der Waals surface area contributed by atoms with Crippen LogP contribution in [0.25, 0.3) is 0 Å². The van der Waals surface area contributed by atoms with E-state index in [4.69, 9.17) is 4.43 Å². The molecule has 0 aliphatic heterocycles. The van der Waals surface area contributed by atoms with Gasteiger partial charge in [0.1, 0.15) is 5.75 Å². The zero-order chi connectivity index (χ0) is 21.1. The number of carbonyl (C=O) groups is 1. The predicted molar refractivity (Wildman–Crippen MR) is 123 cm³/mol. The lowest BCUT2D eigenvalue weighted by Gasteiger charge is -2.36. The first-order chi connectivity index (χ1) is 13.7.